The average molecular weight is 291 g/mol. The number of aliphatic hydroxyl groups excluding tert-OH is 1. The van der Waals surface area contributed by atoms with E-state index in [-0.39, 0.29) is 16.9 Å². The van der Waals surface area contributed by atoms with E-state index in [9.17, 15) is 0 Å². The Labute approximate surface area is 112 Å². The van der Waals surface area contributed by atoms with E-state index in [1.165, 1.54) is 11.8 Å². The fraction of sp³-hybridized carbons (Fsp3) is 0.222. The Morgan fingerprint density at radius 2 is 2.18 bits per heavy atom. The van der Waals surface area contributed by atoms with Gasteiger partial charge in [0.15, 0.2) is 15.5 Å². The predicted molar refractivity (Wildman–Crippen MR) is 65.3 cm³/mol. The van der Waals surface area contributed by atoms with E-state index in [4.69, 9.17) is 28.3 Å². The molecule has 0 aliphatic carbocycles. The third-order valence-electron chi connectivity index (χ3n) is 2.09. The van der Waals surface area contributed by atoms with E-state index in [1.807, 2.05) is 7.05 Å². The van der Waals surface area contributed by atoms with Gasteiger partial charge in [-0.25, -0.2) is 4.98 Å². The van der Waals surface area contributed by atoms with Crippen LogP contribution in [0.15, 0.2) is 22.3 Å². The van der Waals surface area contributed by atoms with E-state index in [2.05, 4.69) is 15.2 Å². The molecular formula is C9H8Cl2N4OS. The van der Waals surface area contributed by atoms with Gasteiger partial charge in [0.1, 0.15) is 0 Å². The number of rotatable bonds is 3. The number of aromatic nitrogens is 4. The zero-order valence-corrected chi connectivity index (χ0v) is 11.1. The Hall–Kier alpha value is -0.820. The maximum Gasteiger partial charge on any atom is 0.172 e. The van der Waals surface area contributed by atoms with Crippen LogP contribution in [0.3, 0.4) is 0 Å². The van der Waals surface area contributed by atoms with E-state index in [0.717, 1.165) is 5.69 Å². The Bertz CT molecular complexity index is 546. The Kier molecular flexibility index (Phi) is 3.88. The summed E-state index contributed by atoms with van der Waals surface area (Å²) in [6.45, 7) is -0.0624. The van der Waals surface area contributed by atoms with E-state index < -0.39 is 0 Å². The summed E-state index contributed by atoms with van der Waals surface area (Å²) in [5.74, 6) is 0. The number of hydrogen-bond acceptors (Lipinski definition) is 5. The first-order valence-corrected chi connectivity index (χ1v) is 6.17. The maximum absolute atomic E-state index is 9.06. The van der Waals surface area contributed by atoms with Gasteiger partial charge < -0.3 is 9.67 Å². The lowest BCUT2D eigenvalue weighted by Gasteiger charge is -2.04. The van der Waals surface area contributed by atoms with Gasteiger partial charge in [-0.1, -0.05) is 23.2 Å². The molecule has 0 amide bonds. The molecule has 2 heterocycles. The van der Waals surface area contributed by atoms with Crippen molar-refractivity contribution in [3.63, 3.8) is 0 Å². The molecule has 5 nitrogen and oxygen atoms in total. The molecule has 0 saturated heterocycles. The normalized spacial score (nSPS) is 10.8. The zero-order chi connectivity index (χ0) is 12.4. The van der Waals surface area contributed by atoms with Gasteiger partial charge >= 0.3 is 0 Å². The molecule has 0 atom stereocenters. The molecule has 0 saturated carbocycles. The minimum Gasteiger partial charge on any atom is -0.390 e. The molecule has 0 radical (unpaired) electrons. The monoisotopic (exact) mass is 290 g/mol. The second-order valence-corrected chi connectivity index (χ2v) is 4.93. The molecule has 0 aliphatic heterocycles. The molecule has 0 aromatic carbocycles. The fourth-order valence-electron chi connectivity index (χ4n) is 1.17. The molecular weight excluding hydrogens is 283 g/mol. The predicted octanol–water partition coefficient (Wildman–Crippen LogP) is 2.16. The fourth-order valence-corrected chi connectivity index (χ4v) is 2.45. The molecule has 2 rings (SSSR count). The molecule has 0 bridgehead atoms. The molecule has 90 valence electrons. The highest BCUT2D eigenvalue weighted by molar-refractivity contribution is 7.99. The smallest absolute Gasteiger partial charge is 0.172 e. The van der Waals surface area contributed by atoms with Crippen molar-refractivity contribution in [1.82, 2.24) is 19.7 Å². The SMILES string of the molecule is Cn1c(CO)cnc1Sc1cc(Cl)nnc1Cl. The molecule has 0 unspecified atom stereocenters. The summed E-state index contributed by atoms with van der Waals surface area (Å²) < 4.78 is 1.77. The van der Waals surface area contributed by atoms with Crippen molar-refractivity contribution in [2.45, 2.75) is 16.7 Å². The summed E-state index contributed by atoms with van der Waals surface area (Å²) in [4.78, 5) is 4.84. The van der Waals surface area contributed by atoms with Crippen LogP contribution >= 0.6 is 35.0 Å². The topological polar surface area (TPSA) is 63.8 Å². The van der Waals surface area contributed by atoms with Crippen molar-refractivity contribution in [1.29, 1.82) is 0 Å². The highest BCUT2D eigenvalue weighted by atomic mass is 35.5. The minimum absolute atomic E-state index is 0.0624. The molecule has 2 aromatic rings. The van der Waals surface area contributed by atoms with Crippen LogP contribution < -0.4 is 0 Å². The molecule has 1 N–H and O–H groups in total. The number of nitrogens with zero attached hydrogens (tertiary/aromatic N) is 4. The number of imidazole rings is 1. The summed E-state index contributed by atoms with van der Waals surface area (Å²) in [5.41, 5.74) is 0.719. The number of aliphatic hydroxyl groups is 1. The summed E-state index contributed by atoms with van der Waals surface area (Å²) in [7, 11) is 1.81. The summed E-state index contributed by atoms with van der Waals surface area (Å²) in [5, 5.41) is 17.6. The first-order chi connectivity index (χ1) is 8.11. The highest BCUT2D eigenvalue weighted by Gasteiger charge is 2.11. The van der Waals surface area contributed by atoms with E-state index >= 15 is 0 Å². The van der Waals surface area contributed by atoms with Gasteiger partial charge in [0.05, 0.1) is 23.4 Å². The van der Waals surface area contributed by atoms with Crippen molar-refractivity contribution in [3.05, 3.63) is 28.3 Å². The van der Waals surface area contributed by atoms with Crippen LogP contribution in [0.5, 0.6) is 0 Å². The largest absolute Gasteiger partial charge is 0.390 e. The standard InChI is InChI=1S/C9H8Cl2N4OS/c1-15-5(4-16)3-12-9(15)17-6-2-7(10)13-14-8(6)11/h2-3,16H,4H2,1H3. The molecule has 0 fully saturated rings. The van der Waals surface area contributed by atoms with Gasteiger partial charge in [0.2, 0.25) is 0 Å². The van der Waals surface area contributed by atoms with E-state index in [0.29, 0.717) is 10.1 Å². The van der Waals surface area contributed by atoms with Crippen LogP contribution in [0, 0.1) is 0 Å². The molecule has 17 heavy (non-hydrogen) atoms. The van der Waals surface area contributed by atoms with Crippen LogP contribution in [0.4, 0.5) is 0 Å². The van der Waals surface area contributed by atoms with Crippen LogP contribution in [0.2, 0.25) is 10.3 Å². The molecule has 0 spiro atoms. The molecule has 8 heteroatoms. The molecule has 0 aliphatic rings. The first kappa shape index (κ1) is 12.6. The lowest BCUT2D eigenvalue weighted by Crippen LogP contribution is -1.97. The second-order valence-electron chi connectivity index (χ2n) is 3.17. The third kappa shape index (κ3) is 2.71. The first-order valence-electron chi connectivity index (χ1n) is 4.60. The summed E-state index contributed by atoms with van der Waals surface area (Å²) in [6.07, 6.45) is 1.60. The molecule has 2 aromatic heterocycles. The van der Waals surface area contributed by atoms with Crippen LogP contribution in [0.25, 0.3) is 0 Å². The van der Waals surface area contributed by atoms with Gasteiger partial charge in [-0.05, 0) is 17.8 Å². The Balaban J connectivity index is 2.31. The minimum atomic E-state index is -0.0624. The van der Waals surface area contributed by atoms with Crippen LogP contribution in [-0.2, 0) is 13.7 Å². The third-order valence-corrected chi connectivity index (χ3v) is 3.76. The number of halogens is 2. The average Bonchev–Trinajstić information content (AvgIpc) is 2.65. The van der Waals surface area contributed by atoms with Gasteiger partial charge in [-0.15, -0.1) is 10.2 Å². The Morgan fingerprint density at radius 3 is 2.82 bits per heavy atom. The van der Waals surface area contributed by atoms with Gasteiger partial charge in [-0.2, -0.15) is 0 Å². The summed E-state index contributed by atoms with van der Waals surface area (Å²) in [6, 6.07) is 1.62. The maximum atomic E-state index is 9.06. The van der Waals surface area contributed by atoms with Crippen molar-refractivity contribution in [3.8, 4) is 0 Å². The lowest BCUT2D eigenvalue weighted by atomic mass is 10.5. The van der Waals surface area contributed by atoms with Crippen molar-refractivity contribution >= 4 is 35.0 Å². The quantitative estimate of drug-likeness (QED) is 0.938. The van der Waals surface area contributed by atoms with Crippen molar-refractivity contribution < 1.29 is 5.11 Å². The van der Waals surface area contributed by atoms with Gasteiger partial charge in [0, 0.05) is 7.05 Å². The Morgan fingerprint density at radius 1 is 1.41 bits per heavy atom. The lowest BCUT2D eigenvalue weighted by molar-refractivity contribution is 0.271. The van der Waals surface area contributed by atoms with Gasteiger partial charge in [-0.3, -0.25) is 0 Å². The highest BCUT2D eigenvalue weighted by Crippen LogP contribution is 2.32. The van der Waals surface area contributed by atoms with Crippen molar-refractivity contribution in [2.24, 2.45) is 7.05 Å². The van der Waals surface area contributed by atoms with Crippen LogP contribution in [-0.4, -0.2) is 24.9 Å². The van der Waals surface area contributed by atoms with Crippen molar-refractivity contribution in [2.75, 3.05) is 0 Å². The van der Waals surface area contributed by atoms with Crippen LogP contribution in [0.1, 0.15) is 5.69 Å². The summed E-state index contributed by atoms with van der Waals surface area (Å²) >= 11 is 13.0. The van der Waals surface area contributed by atoms with E-state index in [1.54, 1.807) is 16.8 Å². The number of hydrogen-bond donors (Lipinski definition) is 1. The second kappa shape index (κ2) is 5.22. The zero-order valence-electron chi connectivity index (χ0n) is 8.76. The van der Waals surface area contributed by atoms with Gasteiger partial charge in [0.25, 0.3) is 0 Å².